The molecule has 0 radical (unpaired) electrons. The fourth-order valence-electron chi connectivity index (χ4n) is 1.24. The van der Waals surface area contributed by atoms with Gasteiger partial charge in [-0.2, -0.15) is 0 Å². The van der Waals surface area contributed by atoms with Gasteiger partial charge in [-0.25, -0.2) is 4.98 Å². The zero-order valence-electron chi connectivity index (χ0n) is 8.99. The van der Waals surface area contributed by atoms with Crippen molar-refractivity contribution in [1.82, 2.24) is 4.98 Å². The minimum absolute atomic E-state index is 0.389. The van der Waals surface area contributed by atoms with E-state index < -0.39 is 0 Å². The molecule has 3 nitrogen and oxygen atoms in total. The molecule has 15 heavy (non-hydrogen) atoms. The molecule has 0 aliphatic heterocycles. The number of hydrogen-bond acceptors (Lipinski definition) is 3. The Hall–Kier alpha value is -1.16. The van der Waals surface area contributed by atoms with E-state index in [1.165, 1.54) is 19.3 Å². The first-order valence-electron chi connectivity index (χ1n) is 5.23. The van der Waals surface area contributed by atoms with Crippen LogP contribution in [0.15, 0.2) is 18.3 Å². The minimum atomic E-state index is 0.389. The molecular weight excluding hydrogens is 206 g/mol. The molecule has 0 aliphatic rings. The lowest BCUT2D eigenvalue weighted by atomic mass is 10.2. The van der Waals surface area contributed by atoms with Crippen LogP contribution >= 0.6 is 12.2 Å². The lowest BCUT2D eigenvalue weighted by Crippen LogP contribution is -2.10. The Morgan fingerprint density at radius 2 is 2.27 bits per heavy atom. The molecule has 4 heteroatoms. The lowest BCUT2D eigenvalue weighted by molar-refractivity contribution is 0.742. The Balaban J connectivity index is 2.39. The number of pyridine rings is 1. The SMILES string of the molecule is CCCCCNc1ccc(C(N)=S)cn1. The summed E-state index contributed by atoms with van der Waals surface area (Å²) < 4.78 is 0. The van der Waals surface area contributed by atoms with E-state index >= 15 is 0 Å². The highest BCUT2D eigenvalue weighted by molar-refractivity contribution is 7.80. The molecule has 0 aromatic carbocycles. The van der Waals surface area contributed by atoms with E-state index in [0.717, 1.165) is 17.9 Å². The predicted octanol–water partition coefficient (Wildman–Crippen LogP) is 2.32. The lowest BCUT2D eigenvalue weighted by Gasteiger charge is -2.05. The first-order valence-corrected chi connectivity index (χ1v) is 5.64. The van der Waals surface area contributed by atoms with Gasteiger partial charge < -0.3 is 11.1 Å². The van der Waals surface area contributed by atoms with Crippen molar-refractivity contribution < 1.29 is 0 Å². The van der Waals surface area contributed by atoms with E-state index in [-0.39, 0.29) is 0 Å². The van der Waals surface area contributed by atoms with Crippen LogP contribution in [0.4, 0.5) is 5.82 Å². The number of hydrogen-bond donors (Lipinski definition) is 2. The second kappa shape index (κ2) is 6.35. The van der Waals surface area contributed by atoms with Crippen LogP contribution in [0.25, 0.3) is 0 Å². The Kier molecular flexibility index (Phi) is 5.04. The van der Waals surface area contributed by atoms with E-state index in [0.29, 0.717) is 4.99 Å². The molecule has 0 unspecified atom stereocenters. The third kappa shape index (κ3) is 4.25. The van der Waals surface area contributed by atoms with Crippen molar-refractivity contribution in [3.05, 3.63) is 23.9 Å². The standard InChI is InChI=1S/C11H17N3S/c1-2-3-4-7-13-10-6-5-9(8-14-10)11(12)15/h5-6,8H,2-4,7H2,1H3,(H2,12,15)(H,13,14). The number of nitrogens with two attached hydrogens (primary N) is 1. The first kappa shape index (κ1) is 11.9. The van der Waals surface area contributed by atoms with Crippen LogP contribution in [0, 0.1) is 0 Å². The predicted molar refractivity (Wildman–Crippen MR) is 68.1 cm³/mol. The molecular formula is C11H17N3S. The van der Waals surface area contributed by atoms with Crippen LogP contribution in [0.3, 0.4) is 0 Å². The van der Waals surface area contributed by atoms with Crippen LogP contribution in [-0.2, 0) is 0 Å². The van der Waals surface area contributed by atoms with E-state index in [2.05, 4.69) is 17.2 Å². The Morgan fingerprint density at radius 1 is 1.47 bits per heavy atom. The highest BCUT2D eigenvalue weighted by atomic mass is 32.1. The van der Waals surface area contributed by atoms with Crippen molar-refractivity contribution in [3.63, 3.8) is 0 Å². The minimum Gasteiger partial charge on any atom is -0.389 e. The fraction of sp³-hybridized carbons (Fsp3) is 0.455. The Morgan fingerprint density at radius 3 is 2.80 bits per heavy atom. The fourth-order valence-corrected chi connectivity index (χ4v) is 1.36. The number of rotatable bonds is 6. The maximum absolute atomic E-state index is 5.47. The summed E-state index contributed by atoms with van der Waals surface area (Å²) in [6, 6.07) is 3.79. The topological polar surface area (TPSA) is 50.9 Å². The quantitative estimate of drug-likeness (QED) is 0.574. The molecule has 0 amide bonds. The molecule has 0 spiro atoms. The van der Waals surface area contributed by atoms with Gasteiger partial charge in [0.1, 0.15) is 10.8 Å². The highest BCUT2D eigenvalue weighted by Crippen LogP contribution is 2.05. The third-order valence-corrected chi connectivity index (χ3v) is 2.37. The van der Waals surface area contributed by atoms with E-state index in [4.69, 9.17) is 18.0 Å². The molecule has 0 saturated carbocycles. The molecule has 0 fully saturated rings. The van der Waals surface area contributed by atoms with Crippen LogP contribution in [0.2, 0.25) is 0 Å². The molecule has 0 bridgehead atoms. The first-order chi connectivity index (χ1) is 7.24. The molecule has 82 valence electrons. The van der Waals surface area contributed by atoms with Gasteiger partial charge in [-0.15, -0.1) is 0 Å². The molecule has 1 rings (SSSR count). The van der Waals surface area contributed by atoms with Gasteiger partial charge >= 0.3 is 0 Å². The summed E-state index contributed by atoms with van der Waals surface area (Å²) in [7, 11) is 0. The number of anilines is 1. The second-order valence-corrected chi connectivity index (χ2v) is 3.87. The monoisotopic (exact) mass is 223 g/mol. The van der Waals surface area contributed by atoms with Crippen molar-refractivity contribution in [1.29, 1.82) is 0 Å². The highest BCUT2D eigenvalue weighted by Gasteiger charge is 1.97. The maximum Gasteiger partial charge on any atom is 0.125 e. The Labute approximate surface area is 96.1 Å². The van der Waals surface area contributed by atoms with Crippen LogP contribution in [0.1, 0.15) is 31.7 Å². The number of nitrogens with one attached hydrogen (secondary N) is 1. The van der Waals surface area contributed by atoms with Gasteiger partial charge in [-0.1, -0.05) is 32.0 Å². The summed E-state index contributed by atoms with van der Waals surface area (Å²) in [5.41, 5.74) is 6.28. The van der Waals surface area contributed by atoms with Crippen molar-refractivity contribution in [2.24, 2.45) is 5.73 Å². The second-order valence-electron chi connectivity index (χ2n) is 3.43. The molecule has 1 aromatic rings. The van der Waals surface area contributed by atoms with Gasteiger partial charge in [0.05, 0.1) is 0 Å². The molecule has 0 atom stereocenters. The van der Waals surface area contributed by atoms with Gasteiger partial charge in [-0.3, -0.25) is 0 Å². The third-order valence-electron chi connectivity index (χ3n) is 2.13. The number of thiocarbonyl (C=S) groups is 1. The summed E-state index contributed by atoms with van der Waals surface area (Å²) in [6.45, 7) is 3.16. The molecule has 3 N–H and O–H groups in total. The molecule has 0 aliphatic carbocycles. The number of unbranched alkanes of at least 4 members (excludes halogenated alkanes) is 2. The average Bonchev–Trinajstić information content (AvgIpc) is 2.25. The van der Waals surface area contributed by atoms with Gasteiger partial charge in [0.25, 0.3) is 0 Å². The average molecular weight is 223 g/mol. The van der Waals surface area contributed by atoms with Gasteiger partial charge in [0.2, 0.25) is 0 Å². The van der Waals surface area contributed by atoms with Crippen LogP contribution in [-0.4, -0.2) is 16.5 Å². The van der Waals surface area contributed by atoms with Crippen LogP contribution < -0.4 is 11.1 Å². The van der Waals surface area contributed by atoms with Gasteiger partial charge in [-0.05, 0) is 18.6 Å². The van der Waals surface area contributed by atoms with Crippen molar-refractivity contribution in [2.75, 3.05) is 11.9 Å². The largest absolute Gasteiger partial charge is 0.389 e. The summed E-state index contributed by atoms with van der Waals surface area (Å²) in [6.07, 6.45) is 5.35. The van der Waals surface area contributed by atoms with Gasteiger partial charge in [0, 0.05) is 18.3 Å². The van der Waals surface area contributed by atoms with Crippen LogP contribution in [0.5, 0.6) is 0 Å². The smallest absolute Gasteiger partial charge is 0.125 e. The molecule has 0 saturated heterocycles. The zero-order valence-corrected chi connectivity index (χ0v) is 9.81. The molecule has 1 heterocycles. The maximum atomic E-state index is 5.47. The number of nitrogens with zero attached hydrogens (tertiary/aromatic N) is 1. The number of aromatic nitrogens is 1. The van der Waals surface area contributed by atoms with Crippen molar-refractivity contribution in [2.45, 2.75) is 26.2 Å². The summed E-state index contributed by atoms with van der Waals surface area (Å²) in [4.78, 5) is 4.61. The molecule has 1 aromatic heterocycles. The normalized spacial score (nSPS) is 9.93. The Bertz CT molecular complexity index is 308. The van der Waals surface area contributed by atoms with E-state index in [1.54, 1.807) is 6.20 Å². The summed E-state index contributed by atoms with van der Waals surface area (Å²) in [5, 5.41) is 3.25. The van der Waals surface area contributed by atoms with Crippen molar-refractivity contribution >= 4 is 23.0 Å². The van der Waals surface area contributed by atoms with Crippen molar-refractivity contribution in [3.8, 4) is 0 Å². The zero-order chi connectivity index (χ0) is 11.1. The van der Waals surface area contributed by atoms with E-state index in [1.807, 2.05) is 12.1 Å². The van der Waals surface area contributed by atoms with E-state index in [9.17, 15) is 0 Å². The summed E-state index contributed by atoms with van der Waals surface area (Å²) in [5.74, 6) is 0.881. The summed E-state index contributed by atoms with van der Waals surface area (Å²) >= 11 is 4.84. The van der Waals surface area contributed by atoms with Gasteiger partial charge in [0.15, 0.2) is 0 Å².